The molecule has 266 valence electrons. The molecule has 0 aliphatic heterocycles. The van der Waals surface area contributed by atoms with E-state index in [0.717, 1.165) is 33.4 Å². The number of para-hydroxylation sites is 1. The fraction of sp³-hybridized carbons (Fsp3) is 0.0577. The van der Waals surface area contributed by atoms with E-state index in [1.807, 2.05) is 4.52 Å². The number of aromatic nitrogens is 5. The Morgan fingerprint density at radius 1 is 0.456 bits per heavy atom. The zero-order chi connectivity index (χ0) is 37.6. The van der Waals surface area contributed by atoms with Crippen molar-refractivity contribution in [3.05, 3.63) is 175 Å². The Bertz CT molecular complexity index is 3560. The first-order valence-corrected chi connectivity index (χ1v) is 19.6. The summed E-state index contributed by atoms with van der Waals surface area (Å²) >= 11 is 0. The number of benzene rings is 8. The molecule has 0 saturated heterocycles. The van der Waals surface area contributed by atoms with Crippen LogP contribution in [-0.4, -0.2) is 24.1 Å². The third kappa shape index (κ3) is 4.05. The van der Waals surface area contributed by atoms with Gasteiger partial charge < -0.3 is 4.57 Å². The van der Waals surface area contributed by atoms with Crippen LogP contribution in [0.2, 0.25) is 0 Å². The summed E-state index contributed by atoms with van der Waals surface area (Å²) in [5, 5.41) is 11.3. The van der Waals surface area contributed by atoms with Gasteiger partial charge in [0.25, 0.3) is 5.78 Å². The molecule has 0 unspecified atom stereocenters. The van der Waals surface area contributed by atoms with Crippen LogP contribution in [0.15, 0.2) is 164 Å². The summed E-state index contributed by atoms with van der Waals surface area (Å²) in [6, 6.07) is 59.4. The number of hydrogen-bond donors (Lipinski definition) is 0. The van der Waals surface area contributed by atoms with Crippen molar-refractivity contribution in [2.24, 2.45) is 0 Å². The quantitative estimate of drug-likeness (QED) is 0.182. The predicted octanol–water partition coefficient (Wildman–Crippen LogP) is 12.8. The van der Waals surface area contributed by atoms with Gasteiger partial charge in [0, 0.05) is 38.4 Å². The third-order valence-electron chi connectivity index (χ3n) is 12.7. The molecule has 3 heterocycles. The summed E-state index contributed by atoms with van der Waals surface area (Å²) in [4.78, 5) is 10.4. The highest BCUT2D eigenvalue weighted by Crippen LogP contribution is 2.51. The lowest BCUT2D eigenvalue weighted by Gasteiger charge is -2.21. The molecule has 0 saturated carbocycles. The van der Waals surface area contributed by atoms with Crippen LogP contribution in [0.4, 0.5) is 0 Å². The van der Waals surface area contributed by atoms with Crippen LogP contribution in [0.1, 0.15) is 25.0 Å². The van der Waals surface area contributed by atoms with Crippen LogP contribution < -0.4 is 0 Å². The minimum absolute atomic E-state index is 0.0560. The van der Waals surface area contributed by atoms with Crippen LogP contribution in [0.5, 0.6) is 0 Å². The van der Waals surface area contributed by atoms with Crippen LogP contribution >= 0.6 is 0 Å². The van der Waals surface area contributed by atoms with Gasteiger partial charge in [0.1, 0.15) is 0 Å². The topological polar surface area (TPSA) is 48.0 Å². The second-order valence-corrected chi connectivity index (χ2v) is 16.1. The van der Waals surface area contributed by atoms with E-state index in [2.05, 4.69) is 182 Å². The third-order valence-corrected chi connectivity index (χ3v) is 12.7. The molecule has 2 aliphatic carbocycles. The lowest BCUT2D eigenvalue weighted by molar-refractivity contribution is 0.660. The summed E-state index contributed by atoms with van der Waals surface area (Å²) in [5.41, 5.74) is 17.6. The van der Waals surface area contributed by atoms with Crippen molar-refractivity contribution >= 4 is 49.3 Å². The number of hydrogen-bond acceptors (Lipinski definition) is 3. The zero-order valence-electron chi connectivity index (χ0n) is 31.3. The minimum atomic E-state index is -0.0560. The first-order chi connectivity index (χ1) is 28.0. The molecule has 0 fully saturated rings. The van der Waals surface area contributed by atoms with Gasteiger partial charge in [-0.15, -0.1) is 5.10 Å². The molecule has 8 aromatic carbocycles. The van der Waals surface area contributed by atoms with E-state index in [1.54, 1.807) is 0 Å². The maximum Gasteiger partial charge on any atom is 0.253 e. The molecule has 5 heteroatoms. The van der Waals surface area contributed by atoms with Crippen molar-refractivity contribution in [2.75, 3.05) is 0 Å². The Hall–Kier alpha value is -7.37. The van der Waals surface area contributed by atoms with Crippen LogP contribution in [-0.2, 0) is 5.41 Å². The molecule has 57 heavy (non-hydrogen) atoms. The average Bonchev–Trinajstić information content (AvgIpc) is 3.89. The van der Waals surface area contributed by atoms with E-state index in [-0.39, 0.29) is 5.41 Å². The molecule has 3 aromatic heterocycles. The maximum absolute atomic E-state index is 5.25. The number of nitrogens with zero attached hydrogens (tertiary/aromatic N) is 5. The van der Waals surface area contributed by atoms with Gasteiger partial charge in [-0.2, -0.15) is 9.50 Å². The molecule has 11 aromatic rings. The van der Waals surface area contributed by atoms with E-state index in [1.165, 1.54) is 77.1 Å². The lowest BCUT2D eigenvalue weighted by Crippen LogP contribution is -2.14. The molecule has 0 radical (unpaired) electrons. The van der Waals surface area contributed by atoms with Gasteiger partial charge >= 0.3 is 0 Å². The van der Waals surface area contributed by atoms with Crippen molar-refractivity contribution in [3.63, 3.8) is 0 Å². The molecule has 2 aliphatic rings. The second kappa shape index (κ2) is 10.9. The molecule has 13 rings (SSSR count). The summed E-state index contributed by atoms with van der Waals surface area (Å²) in [5.74, 6) is 1.21. The Balaban J connectivity index is 0.997. The predicted molar refractivity (Wildman–Crippen MR) is 233 cm³/mol. The molecule has 0 amide bonds. The lowest BCUT2D eigenvalue weighted by atomic mass is 9.82. The minimum Gasteiger partial charge on any atom is -0.309 e. The SMILES string of the molecule is CC1(C)c2ccccc2-c2cc(-c3nc4nc(-c5cccc(-n6c7cccc8c7c7c9c(cccc9ccc76)-c6ccccc6-8)c5)nn4c4ccccc34)ccc21. The van der Waals surface area contributed by atoms with Crippen molar-refractivity contribution < 1.29 is 0 Å². The summed E-state index contributed by atoms with van der Waals surface area (Å²) < 4.78 is 4.31. The highest BCUT2D eigenvalue weighted by molar-refractivity contribution is 6.30. The molecule has 0 N–H and O–H groups in total. The van der Waals surface area contributed by atoms with Crippen LogP contribution in [0.3, 0.4) is 0 Å². The molecular weight excluding hydrogens is 695 g/mol. The first kappa shape index (κ1) is 30.9. The van der Waals surface area contributed by atoms with E-state index in [4.69, 9.17) is 15.1 Å². The fourth-order valence-electron chi connectivity index (χ4n) is 10.2. The Labute approximate surface area is 328 Å². The van der Waals surface area contributed by atoms with Crippen molar-refractivity contribution in [2.45, 2.75) is 19.3 Å². The van der Waals surface area contributed by atoms with Gasteiger partial charge in [-0.05, 0) is 91.7 Å². The highest BCUT2D eigenvalue weighted by Gasteiger charge is 2.35. The fourth-order valence-corrected chi connectivity index (χ4v) is 10.2. The van der Waals surface area contributed by atoms with Crippen LogP contribution in [0.25, 0.3) is 111 Å². The Morgan fingerprint density at radius 3 is 2.02 bits per heavy atom. The van der Waals surface area contributed by atoms with E-state index >= 15 is 0 Å². The zero-order valence-corrected chi connectivity index (χ0v) is 31.3. The molecule has 0 spiro atoms. The van der Waals surface area contributed by atoms with Gasteiger partial charge in [-0.1, -0.05) is 141 Å². The summed E-state index contributed by atoms with van der Waals surface area (Å²) in [7, 11) is 0. The Morgan fingerprint density at radius 2 is 1.14 bits per heavy atom. The van der Waals surface area contributed by atoms with E-state index in [9.17, 15) is 0 Å². The van der Waals surface area contributed by atoms with Crippen LogP contribution in [0, 0.1) is 0 Å². The molecule has 0 atom stereocenters. The average molecular weight is 728 g/mol. The van der Waals surface area contributed by atoms with Gasteiger partial charge in [0.15, 0.2) is 5.82 Å². The van der Waals surface area contributed by atoms with Crippen molar-refractivity contribution in [3.8, 4) is 61.7 Å². The Kier molecular flexibility index (Phi) is 5.91. The van der Waals surface area contributed by atoms with Gasteiger partial charge in [0.2, 0.25) is 0 Å². The standard InChI is InChI=1S/C52H33N5/c1-52(2)41-21-7-5-17-36(41)40-29-31(24-26-42(40)52)49-39-18-6-8-22-43(39)57-51(53-49)54-50(55-57)32-13-9-14-33(28-32)56-44-23-11-20-38-35-16-4-3-15-34(35)37-19-10-12-30-25-27-45(56)48(46(30)37)47(38)44/h3-29H,1-2H3. The normalized spacial score (nSPS) is 13.6. The summed E-state index contributed by atoms with van der Waals surface area (Å²) in [6.07, 6.45) is 0. The van der Waals surface area contributed by atoms with Gasteiger partial charge in [-0.3, -0.25) is 0 Å². The van der Waals surface area contributed by atoms with Gasteiger partial charge in [0.05, 0.1) is 22.2 Å². The van der Waals surface area contributed by atoms with Crippen molar-refractivity contribution in [1.82, 2.24) is 24.1 Å². The second-order valence-electron chi connectivity index (χ2n) is 16.1. The molecular formula is C52H33N5. The number of rotatable bonds is 3. The highest BCUT2D eigenvalue weighted by atomic mass is 15.3. The maximum atomic E-state index is 5.25. The smallest absolute Gasteiger partial charge is 0.253 e. The molecule has 5 nitrogen and oxygen atoms in total. The van der Waals surface area contributed by atoms with E-state index < -0.39 is 0 Å². The van der Waals surface area contributed by atoms with Gasteiger partial charge in [-0.25, -0.2) is 4.98 Å². The number of fused-ring (bicyclic) bond motifs is 9. The molecule has 0 bridgehead atoms. The summed E-state index contributed by atoms with van der Waals surface area (Å²) in [6.45, 7) is 4.63. The van der Waals surface area contributed by atoms with E-state index in [0.29, 0.717) is 11.6 Å². The van der Waals surface area contributed by atoms with Crippen molar-refractivity contribution in [1.29, 1.82) is 0 Å². The largest absolute Gasteiger partial charge is 0.309 e. The monoisotopic (exact) mass is 727 g/mol. The first-order valence-electron chi connectivity index (χ1n) is 19.6.